The average molecular weight is 674 g/mol. The van der Waals surface area contributed by atoms with Crippen molar-refractivity contribution in [3.63, 3.8) is 0 Å². The number of amides is 3. The molecule has 0 radical (unpaired) electrons. The number of methoxy groups -OCH3 is 1. The zero-order valence-corrected chi connectivity index (χ0v) is 27.2. The van der Waals surface area contributed by atoms with E-state index in [0.717, 1.165) is 20.8 Å². The smallest absolute Gasteiger partial charge is 0.252 e. The molecule has 3 aromatic rings. The van der Waals surface area contributed by atoms with Crippen LogP contribution in [0.15, 0.2) is 59.1 Å². The minimum Gasteiger partial charge on any atom is -0.496 e. The zero-order valence-electron chi connectivity index (χ0n) is 24.8. The fourth-order valence-corrected chi connectivity index (χ4v) is 6.21. The number of carbonyl (C=O) groups is 3. The molecule has 5 rings (SSSR count). The van der Waals surface area contributed by atoms with Crippen molar-refractivity contribution < 1.29 is 23.9 Å². The number of benzene rings is 3. The first-order valence-corrected chi connectivity index (χ1v) is 15.1. The number of nitrogens with zero attached hydrogens (tertiary/aromatic N) is 2. The number of ether oxygens (including phenoxy) is 2. The van der Waals surface area contributed by atoms with Crippen LogP contribution in [0.4, 0.5) is 11.4 Å². The Morgan fingerprint density at radius 3 is 2.47 bits per heavy atom. The van der Waals surface area contributed by atoms with E-state index in [-0.39, 0.29) is 42.6 Å². The number of hydrogen-bond donors (Lipinski definition) is 2. The molecule has 0 aromatic heterocycles. The van der Waals surface area contributed by atoms with Gasteiger partial charge in [0, 0.05) is 29.2 Å². The van der Waals surface area contributed by atoms with Crippen LogP contribution < -0.4 is 25.2 Å². The Kier molecular flexibility index (Phi) is 10.7. The SMILES string of the molecule is CNC(C)C(=O)N[C@@H]1C(=O)N(Cc2c(OC)ccc3cc(Br)ccc23)c2ccccc2N(C(=O)C2CCOCC2)[C@H]1C.Cl. The second kappa shape index (κ2) is 14.1. The minimum absolute atomic E-state index is 0. The zero-order chi connectivity index (χ0) is 30.0. The molecule has 0 bridgehead atoms. The highest BCUT2D eigenvalue weighted by Crippen LogP contribution is 2.40. The van der Waals surface area contributed by atoms with Crippen molar-refractivity contribution in [2.24, 2.45) is 5.92 Å². The largest absolute Gasteiger partial charge is 0.496 e. The molecule has 2 N–H and O–H groups in total. The maximum atomic E-state index is 14.6. The molecule has 1 unspecified atom stereocenters. The van der Waals surface area contributed by atoms with Crippen LogP contribution in [-0.2, 0) is 25.7 Å². The number of anilines is 2. The molecule has 3 atom stereocenters. The molecular weight excluding hydrogens is 636 g/mol. The van der Waals surface area contributed by atoms with Crippen LogP contribution in [-0.4, -0.2) is 63.2 Å². The number of halogens is 2. The van der Waals surface area contributed by atoms with Crippen LogP contribution in [0.5, 0.6) is 5.75 Å². The molecule has 9 nitrogen and oxygen atoms in total. The van der Waals surface area contributed by atoms with Crippen molar-refractivity contribution in [2.45, 2.75) is 51.4 Å². The van der Waals surface area contributed by atoms with Crippen molar-refractivity contribution in [1.82, 2.24) is 10.6 Å². The van der Waals surface area contributed by atoms with Gasteiger partial charge in [0.15, 0.2) is 0 Å². The molecule has 11 heteroatoms. The molecule has 2 heterocycles. The van der Waals surface area contributed by atoms with Crippen molar-refractivity contribution in [2.75, 3.05) is 37.2 Å². The summed E-state index contributed by atoms with van der Waals surface area (Å²) in [6.07, 6.45) is 1.22. The van der Waals surface area contributed by atoms with Gasteiger partial charge in [0.2, 0.25) is 11.8 Å². The van der Waals surface area contributed by atoms with Gasteiger partial charge < -0.3 is 29.9 Å². The summed E-state index contributed by atoms with van der Waals surface area (Å²) in [7, 11) is 3.30. The van der Waals surface area contributed by atoms with E-state index in [1.807, 2.05) is 61.5 Å². The Labute approximate surface area is 266 Å². The summed E-state index contributed by atoms with van der Waals surface area (Å²) in [6, 6.07) is 15.2. The van der Waals surface area contributed by atoms with Gasteiger partial charge >= 0.3 is 0 Å². The number of para-hydroxylation sites is 2. The van der Waals surface area contributed by atoms with Crippen LogP contribution in [0, 0.1) is 5.92 Å². The first-order valence-electron chi connectivity index (χ1n) is 14.3. The number of fused-ring (bicyclic) bond motifs is 2. The van der Waals surface area contributed by atoms with Crippen molar-refractivity contribution in [1.29, 1.82) is 0 Å². The van der Waals surface area contributed by atoms with Gasteiger partial charge in [0.05, 0.1) is 37.1 Å². The third-order valence-electron chi connectivity index (χ3n) is 8.37. The van der Waals surface area contributed by atoms with E-state index in [0.29, 0.717) is 43.2 Å². The number of likely N-dealkylation sites (N-methyl/N-ethyl adjacent to an activating group) is 1. The summed E-state index contributed by atoms with van der Waals surface area (Å²) in [5.74, 6) is -0.279. The van der Waals surface area contributed by atoms with E-state index in [4.69, 9.17) is 9.47 Å². The van der Waals surface area contributed by atoms with E-state index < -0.39 is 18.1 Å². The normalized spacial score (nSPS) is 19.7. The number of rotatable bonds is 7. The van der Waals surface area contributed by atoms with Gasteiger partial charge in [0.25, 0.3) is 5.91 Å². The van der Waals surface area contributed by atoms with Gasteiger partial charge in [-0.25, -0.2) is 0 Å². The van der Waals surface area contributed by atoms with E-state index in [1.54, 1.807) is 30.9 Å². The van der Waals surface area contributed by atoms with Crippen LogP contribution in [0.3, 0.4) is 0 Å². The number of carbonyl (C=O) groups excluding carboxylic acids is 3. The number of hydrogen-bond acceptors (Lipinski definition) is 6. The molecule has 0 spiro atoms. The molecule has 2 aliphatic heterocycles. The molecular formula is C32H38BrClN4O5. The van der Waals surface area contributed by atoms with Gasteiger partial charge in [-0.3, -0.25) is 14.4 Å². The lowest BCUT2D eigenvalue weighted by atomic mass is 9.96. The van der Waals surface area contributed by atoms with E-state index in [1.165, 1.54) is 0 Å². The molecule has 43 heavy (non-hydrogen) atoms. The Morgan fingerprint density at radius 1 is 1.09 bits per heavy atom. The monoisotopic (exact) mass is 672 g/mol. The fraction of sp³-hybridized carbons (Fsp3) is 0.406. The molecule has 1 fully saturated rings. The van der Waals surface area contributed by atoms with Crippen molar-refractivity contribution in [3.8, 4) is 5.75 Å². The molecule has 230 valence electrons. The molecule has 0 saturated carbocycles. The molecule has 0 aliphatic carbocycles. The topological polar surface area (TPSA) is 100 Å². The molecule has 2 aliphatic rings. The van der Waals surface area contributed by atoms with Gasteiger partial charge in [-0.2, -0.15) is 0 Å². The third kappa shape index (κ3) is 6.52. The molecule has 3 amide bonds. The predicted molar refractivity (Wildman–Crippen MR) is 174 cm³/mol. The highest BCUT2D eigenvalue weighted by atomic mass is 79.9. The van der Waals surface area contributed by atoms with Gasteiger partial charge in [-0.15, -0.1) is 12.4 Å². The summed E-state index contributed by atoms with van der Waals surface area (Å²) in [4.78, 5) is 45.3. The van der Waals surface area contributed by atoms with E-state index >= 15 is 0 Å². The summed E-state index contributed by atoms with van der Waals surface area (Å²) in [5.41, 5.74) is 2.07. The average Bonchev–Trinajstić information content (AvgIpc) is 3.09. The Hall–Kier alpha value is -3.18. The first kappa shape index (κ1) is 32.7. The number of nitrogens with one attached hydrogen (secondary N) is 2. The molecule has 3 aromatic carbocycles. The highest BCUT2D eigenvalue weighted by molar-refractivity contribution is 9.10. The van der Waals surface area contributed by atoms with Crippen molar-refractivity contribution in [3.05, 3.63) is 64.6 Å². The van der Waals surface area contributed by atoms with E-state index in [2.05, 4.69) is 26.6 Å². The quantitative estimate of drug-likeness (QED) is 0.373. The third-order valence-corrected chi connectivity index (χ3v) is 8.87. The van der Waals surface area contributed by atoms with Gasteiger partial charge in [0.1, 0.15) is 11.8 Å². The van der Waals surface area contributed by atoms with Crippen LogP contribution >= 0.6 is 28.3 Å². The summed E-state index contributed by atoms with van der Waals surface area (Å²) < 4.78 is 12.2. The van der Waals surface area contributed by atoms with E-state index in [9.17, 15) is 14.4 Å². The first-order chi connectivity index (χ1) is 20.2. The van der Waals surface area contributed by atoms with Crippen LogP contribution in [0.25, 0.3) is 10.8 Å². The summed E-state index contributed by atoms with van der Waals surface area (Å²) in [5, 5.41) is 7.85. The molecule has 1 saturated heterocycles. The summed E-state index contributed by atoms with van der Waals surface area (Å²) >= 11 is 3.55. The van der Waals surface area contributed by atoms with Crippen molar-refractivity contribution >= 4 is 68.2 Å². The minimum atomic E-state index is -0.986. The highest BCUT2D eigenvalue weighted by Gasteiger charge is 2.44. The van der Waals surface area contributed by atoms with Gasteiger partial charge in [-0.1, -0.05) is 40.2 Å². The predicted octanol–water partition coefficient (Wildman–Crippen LogP) is 4.82. The van der Waals surface area contributed by atoms with Crippen LogP contribution in [0.2, 0.25) is 0 Å². The van der Waals surface area contributed by atoms with Gasteiger partial charge in [-0.05, 0) is 74.8 Å². The second-order valence-corrected chi connectivity index (χ2v) is 11.8. The fourth-order valence-electron chi connectivity index (χ4n) is 5.83. The summed E-state index contributed by atoms with van der Waals surface area (Å²) in [6.45, 7) is 4.78. The lowest BCUT2D eigenvalue weighted by Gasteiger charge is -2.35. The Balaban J connectivity index is 0.00000423. The lowest BCUT2D eigenvalue weighted by molar-refractivity contribution is -0.130. The second-order valence-electron chi connectivity index (χ2n) is 10.9. The lowest BCUT2D eigenvalue weighted by Crippen LogP contribution is -2.60. The Bertz CT molecular complexity index is 1500. The maximum Gasteiger partial charge on any atom is 0.252 e. The maximum absolute atomic E-state index is 14.6. The van der Waals surface area contributed by atoms with Crippen LogP contribution in [0.1, 0.15) is 32.3 Å². The standard InChI is InChI=1S/C32H37BrN4O5.ClH/c1-19(34-3)30(38)35-29-20(2)37(31(39)21-13-15-42-16-14-21)27-8-6-5-7-26(27)36(32(29)40)18-25-24-11-10-23(33)17-22(24)9-12-28(25)41-4;/h5-12,17,19-21,29,34H,13-16,18H2,1-4H3,(H,35,38);1H/t19?,20-,29-;/m0./s1. The Morgan fingerprint density at radius 2 is 1.79 bits per heavy atom.